The highest BCUT2D eigenvalue weighted by Gasteiger charge is 2.29. The highest BCUT2D eigenvalue weighted by Crippen LogP contribution is 2.36. The van der Waals surface area contributed by atoms with Crippen LogP contribution in [-0.2, 0) is 13.0 Å². The molecule has 0 saturated heterocycles. The predicted octanol–water partition coefficient (Wildman–Crippen LogP) is 3.48. The van der Waals surface area contributed by atoms with Crippen LogP contribution in [0, 0.1) is 0 Å². The second kappa shape index (κ2) is 5.28. The van der Waals surface area contributed by atoms with Crippen molar-refractivity contribution in [2.75, 3.05) is 19.0 Å². The van der Waals surface area contributed by atoms with Gasteiger partial charge in [0.05, 0.1) is 6.61 Å². The lowest BCUT2D eigenvalue weighted by atomic mass is 10.1. The molecular formula is C14H17Cl2NO. The maximum Gasteiger partial charge on any atom is 0.127 e. The molecule has 2 nitrogen and oxygen atoms in total. The SMILES string of the molecule is ClCCN(Cc1cc(Cl)cc2c1OCC2)C1CC1. The zero-order chi connectivity index (χ0) is 12.5. The first-order valence-electron chi connectivity index (χ1n) is 6.52. The molecule has 0 bridgehead atoms. The van der Waals surface area contributed by atoms with E-state index in [1.807, 2.05) is 12.1 Å². The van der Waals surface area contributed by atoms with Crippen LogP contribution in [0.3, 0.4) is 0 Å². The number of ether oxygens (including phenoxy) is 1. The van der Waals surface area contributed by atoms with Gasteiger partial charge in [-0.15, -0.1) is 11.6 Å². The summed E-state index contributed by atoms with van der Waals surface area (Å²) < 4.78 is 5.75. The summed E-state index contributed by atoms with van der Waals surface area (Å²) in [6.07, 6.45) is 3.56. The van der Waals surface area contributed by atoms with Gasteiger partial charge in [0.2, 0.25) is 0 Å². The van der Waals surface area contributed by atoms with Gasteiger partial charge in [-0.1, -0.05) is 11.6 Å². The molecule has 0 radical (unpaired) electrons. The Kier molecular flexibility index (Phi) is 3.69. The predicted molar refractivity (Wildman–Crippen MR) is 74.8 cm³/mol. The first-order chi connectivity index (χ1) is 8.78. The minimum Gasteiger partial charge on any atom is -0.493 e. The van der Waals surface area contributed by atoms with Gasteiger partial charge in [0.25, 0.3) is 0 Å². The van der Waals surface area contributed by atoms with E-state index in [-0.39, 0.29) is 0 Å². The lowest BCUT2D eigenvalue weighted by Crippen LogP contribution is -2.27. The molecule has 1 aromatic rings. The Balaban J connectivity index is 1.82. The molecule has 3 rings (SSSR count). The number of halogens is 2. The van der Waals surface area contributed by atoms with Crippen molar-refractivity contribution in [1.82, 2.24) is 4.90 Å². The van der Waals surface area contributed by atoms with E-state index >= 15 is 0 Å². The summed E-state index contributed by atoms with van der Waals surface area (Å²) in [7, 11) is 0. The van der Waals surface area contributed by atoms with Crippen LogP contribution in [0.2, 0.25) is 5.02 Å². The maximum absolute atomic E-state index is 6.18. The summed E-state index contributed by atoms with van der Waals surface area (Å²) in [5.74, 6) is 1.74. The van der Waals surface area contributed by atoms with Crippen LogP contribution in [0.15, 0.2) is 12.1 Å². The van der Waals surface area contributed by atoms with Gasteiger partial charge in [-0.2, -0.15) is 0 Å². The van der Waals surface area contributed by atoms with Gasteiger partial charge in [0, 0.05) is 42.0 Å². The van der Waals surface area contributed by atoms with E-state index < -0.39 is 0 Å². The Morgan fingerprint density at radius 1 is 1.33 bits per heavy atom. The topological polar surface area (TPSA) is 12.5 Å². The molecule has 1 aromatic carbocycles. The summed E-state index contributed by atoms with van der Waals surface area (Å²) in [4.78, 5) is 2.45. The van der Waals surface area contributed by atoms with Crippen molar-refractivity contribution >= 4 is 23.2 Å². The van der Waals surface area contributed by atoms with Crippen molar-refractivity contribution in [3.05, 3.63) is 28.3 Å². The molecule has 0 atom stereocenters. The highest BCUT2D eigenvalue weighted by molar-refractivity contribution is 6.30. The van der Waals surface area contributed by atoms with E-state index in [2.05, 4.69) is 4.90 Å². The maximum atomic E-state index is 6.18. The van der Waals surface area contributed by atoms with E-state index in [4.69, 9.17) is 27.9 Å². The highest BCUT2D eigenvalue weighted by atomic mass is 35.5. The number of benzene rings is 1. The second-order valence-electron chi connectivity index (χ2n) is 5.04. The van der Waals surface area contributed by atoms with Crippen molar-refractivity contribution in [3.8, 4) is 5.75 Å². The van der Waals surface area contributed by atoms with Gasteiger partial charge in [-0.3, -0.25) is 4.90 Å². The van der Waals surface area contributed by atoms with Crippen molar-refractivity contribution in [3.63, 3.8) is 0 Å². The molecule has 0 aromatic heterocycles. The van der Waals surface area contributed by atoms with Crippen molar-refractivity contribution in [1.29, 1.82) is 0 Å². The average Bonchev–Trinajstić information content (AvgIpc) is 3.07. The van der Waals surface area contributed by atoms with Crippen LogP contribution in [0.5, 0.6) is 5.75 Å². The lowest BCUT2D eigenvalue weighted by molar-refractivity contribution is 0.264. The fourth-order valence-corrected chi connectivity index (χ4v) is 3.10. The van der Waals surface area contributed by atoms with Crippen LogP contribution in [0.25, 0.3) is 0 Å². The van der Waals surface area contributed by atoms with Gasteiger partial charge < -0.3 is 4.74 Å². The summed E-state index contributed by atoms with van der Waals surface area (Å²) >= 11 is 12.1. The second-order valence-corrected chi connectivity index (χ2v) is 5.86. The summed E-state index contributed by atoms with van der Waals surface area (Å²) in [6.45, 7) is 2.62. The molecular weight excluding hydrogens is 269 g/mol. The van der Waals surface area contributed by atoms with Crippen LogP contribution in [0.4, 0.5) is 0 Å². The fourth-order valence-electron chi connectivity index (χ4n) is 2.62. The molecule has 2 aliphatic rings. The van der Waals surface area contributed by atoms with E-state index in [0.29, 0.717) is 11.9 Å². The van der Waals surface area contributed by atoms with Gasteiger partial charge in [-0.25, -0.2) is 0 Å². The van der Waals surface area contributed by atoms with Crippen LogP contribution >= 0.6 is 23.2 Å². The third-order valence-electron chi connectivity index (χ3n) is 3.63. The Hall–Kier alpha value is -0.440. The van der Waals surface area contributed by atoms with Gasteiger partial charge >= 0.3 is 0 Å². The third kappa shape index (κ3) is 2.61. The van der Waals surface area contributed by atoms with Crippen LogP contribution in [0.1, 0.15) is 24.0 Å². The zero-order valence-corrected chi connectivity index (χ0v) is 11.8. The zero-order valence-electron chi connectivity index (χ0n) is 10.3. The number of nitrogens with zero attached hydrogens (tertiary/aromatic N) is 1. The molecule has 0 N–H and O–H groups in total. The number of hydrogen-bond acceptors (Lipinski definition) is 2. The normalized spacial score (nSPS) is 17.9. The first-order valence-corrected chi connectivity index (χ1v) is 7.43. The monoisotopic (exact) mass is 285 g/mol. The van der Waals surface area contributed by atoms with E-state index in [1.165, 1.54) is 24.0 Å². The Labute approximate surface area is 118 Å². The molecule has 4 heteroatoms. The summed E-state index contributed by atoms with van der Waals surface area (Å²) in [5.41, 5.74) is 2.46. The largest absolute Gasteiger partial charge is 0.493 e. The van der Waals surface area contributed by atoms with Crippen molar-refractivity contribution in [2.24, 2.45) is 0 Å². The Morgan fingerprint density at radius 2 is 2.17 bits per heavy atom. The van der Waals surface area contributed by atoms with Crippen molar-refractivity contribution in [2.45, 2.75) is 31.8 Å². The standard InChI is InChI=1S/C14H17Cl2NO/c15-4-5-17(13-1-2-13)9-11-8-12(16)7-10-3-6-18-14(10)11/h7-8,13H,1-6,9H2. The van der Waals surface area contributed by atoms with E-state index in [0.717, 1.165) is 36.9 Å². The smallest absolute Gasteiger partial charge is 0.127 e. The minimum atomic E-state index is 0.681. The molecule has 1 aliphatic carbocycles. The minimum absolute atomic E-state index is 0.681. The lowest BCUT2D eigenvalue weighted by Gasteiger charge is -2.22. The quantitative estimate of drug-likeness (QED) is 0.768. The Morgan fingerprint density at radius 3 is 2.89 bits per heavy atom. The van der Waals surface area contributed by atoms with Crippen LogP contribution in [-0.4, -0.2) is 30.0 Å². The number of alkyl halides is 1. The van der Waals surface area contributed by atoms with Gasteiger partial charge in [0.1, 0.15) is 5.75 Å². The van der Waals surface area contributed by atoms with Crippen LogP contribution < -0.4 is 4.74 Å². The molecule has 0 amide bonds. The molecule has 18 heavy (non-hydrogen) atoms. The number of fused-ring (bicyclic) bond motifs is 1. The molecule has 1 aliphatic heterocycles. The third-order valence-corrected chi connectivity index (χ3v) is 4.02. The van der Waals surface area contributed by atoms with Gasteiger partial charge in [0.15, 0.2) is 0 Å². The molecule has 0 spiro atoms. The van der Waals surface area contributed by atoms with Gasteiger partial charge in [-0.05, 0) is 30.5 Å². The summed E-state index contributed by atoms with van der Waals surface area (Å²) in [5, 5.41) is 0.816. The number of hydrogen-bond donors (Lipinski definition) is 0. The molecule has 1 fully saturated rings. The number of rotatable bonds is 5. The van der Waals surface area contributed by atoms with E-state index in [1.54, 1.807) is 0 Å². The Bertz CT molecular complexity index is 446. The average molecular weight is 286 g/mol. The fraction of sp³-hybridized carbons (Fsp3) is 0.571. The molecule has 0 unspecified atom stereocenters. The summed E-state index contributed by atoms with van der Waals surface area (Å²) in [6, 6.07) is 4.77. The molecule has 1 heterocycles. The van der Waals surface area contributed by atoms with E-state index in [9.17, 15) is 0 Å². The molecule has 98 valence electrons. The first kappa shape index (κ1) is 12.6. The molecule has 1 saturated carbocycles. The van der Waals surface area contributed by atoms with Crippen molar-refractivity contribution < 1.29 is 4.74 Å².